The molecule has 10 heteroatoms. The van der Waals surface area contributed by atoms with Gasteiger partial charge in [-0.1, -0.05) is 17.7 Å². The molecule has 0 radical (unpaired) electrons. The fraction of sp³-hybridized carbons (Fsp3) is 0.160. The lowest BCUT2D eigenvalue weighted by Crippen LogP contribution is -2.12. The summed E-state index contributed by atoms with van der Waals surface area (Å²) >= 11 is 0. The Morgan fingerprint density at radius 2 is 1.51 bits per heavy atom. The van der Waals surface area contributed by atoms with E-state index in [9.17, 15) is 18.3 Å². The average molecular weight is 499 g/mol. The predicted molar refractivity (Wildman–Crippen MR) is 128 cm³/mol. The summed E-state index contributed by atoms with van der Waals surface area (Å²) < 4.78 is 52.7. The van der Waals surface area contributed by atoms with Crippen molar-refractivity contribution >= 4 is 21.1 Å². The van der Waals surface area contributed by atoms with Crippen molar-refractivity contribution < 1.29 is 36.3 Å². The summed E-state index contributed by atoms with van der Waals surface area (Å²) in [5.41, 5.74) is 0.264. The minimum atomic E-state index is -4.30. The van der Waals surface area contributed by atoms with Gasteiger partial charge < -0.3 is 27.9 Å². The molecule has 4 aromatic rings. The highest BCUT2D eigenvalue weighted by molar-refractivity contribution is 7.87. The third kappa shape index (κ3) is 4.47. The second-order valence-corrected chi connectivity index (χ2v) is 9.07. The number of fused-ring (bicyclic) bond motifs is 1. The number of ether oxygens (including phenoxy) is 3. The number of methoxy groups -OCH3 is 3. The number of hydrogen-bond acceptors (Lipinski definition) is 9. The molecule has 1 heterocycles. The topological polar surface area (TPSA) is 122 Å². The van der Waals surface area contributed by atoms with Crippen molar-refractivity contribution in [2.45, 2.75) is 11.8 Å². The van der Waals surface area contributed by atoms with Gasteiger partial charge in [-0.2, -0.15) is 8.42 Å². The van der Waals surface area contributed by atoms with Crippen molar-refractivity contribution in [1.29, 1.82) is 0 Å². The Labute approximate surface area is 201 Å². The first-order valence-electron chi connectivity index (χ1n) is 10.3. The van der Waals surface area contributed by atoms with Crippen LogP contribution >= 0.6 is 0 Å². The molecule has 0 saturated carbocycles. The molecule has 0 atom stereocenters. The monoisotopic (exact) mass is 498 g/mol. The fourth-order valence-corrected chi connectivity index (χ4v) is 4.41. The fourth-order valence-electron chi connectivity index (χ4n) is 3.48. The van der Waals surface area contributed by atoms with E-state index in [0.29, 0.717) is 17.1 Å². The van der Waals surface area contributed by atoms with Gasteiger partial charge in [-0.15, -0.1) is 0 Å². The largest absolute Gasteiger partial charge is 0.502 e. The van der Waals surface area contributed by atoms with Crippen molar-refractivity contribution in [3.8, 4) is 40.1 Å². The summed E-state index contributed by atoms with van der Waals surface area (Å²) in [5, 5.41) is 10.5. The number of aryl methyl sites for hydroxylation is 1. The standard InChI is InChI=1S/C25H22O9S/c1-14-5-8-17(9-6-14)35(28,29)34-21-13-16(30-2)12-20-22(21)23(26)24(27)25(33-20)15-7-10-18(31-3)19(11-15)32-4/h5-13,27H,1-4H3. The van der Waals surface area contributed by atoms with E-state index in [4.69, 9.17) is 22.8 Å². The normalized spacial score (nSPS) is 11.3. The van der Waals surface area contributed by atoms with E-state index in [1.54, 1.807) is 24.3 Å². The molecule has 35 heavy (non-hydrogen) atoms. The van der Waals surface area contributed by atoms with Crippen LogP contribution in [0.25, 0.3) is 22.3 Å². The highest BCUT2D eigenvalue weighted by atomic mass is 32.2. The molecule has 3 aromatic carbocycles. The first kappa shape index (κ1) is 24.0. The van der Waals surface area contributed by atoms with Crippen molar-refractivity contribution in [3.05, 3.63) is 70.4 Å². The van der Waals surface area contributed by atoms with Gasteiger partial charge in [-0.05, 0) is 37.3 Å². The van der Waals surface area contributed by atoms with Crippen LogP contribution in [-0.2, 0) is 10.1 Å². The van der Waals surface area contributed by atoms with Crippen LogP contribution in [0.4, 0.5) is 0 Å². The van der Waals surface area contributed by atoms with E-state index >= 15 is 0 Å². The van der Waals surface area contributed by atoms with E-state index in [0.717, 1.165) is 5.56 Å². The first-order chi connectivity index (χ1) is 16.7. The van der Waals surface area contributed by atoms with Crippen LogP contribution in [0.1, 0.15) is 5.56 Å². The van der Waals surface area contributed by atoms with Gasteiger partial charge in [0.2, 0.25) is 11.2 Å². The highest BCUT2D eigenvalue weighted by Gasteiger charge is 2.24. The molecule has 0 unspecified atom stereocenters. The molecule has 0 aliphatic rings. The minimum absolute atomic E-state index is 0.0500. The van der Waals surface area contributed by atoms with Crippen LogP contribution in [0, 0.1) is 6.92 Å². The smallest absolute Gasteiger partial charge is 0.339 e. The molecule has 0 bridgehead atoms. The van der Waals surface area contributed by atoms with E-state index < -0.39 is 21.3 Å². The van der Waals surface area contributed by atoms with Crippen LogP contribution in [0.2, 0.25) is 0 Å². The van der Waals surface area contributed by atoms with Crippen LogP contribution in [0.3, 0.4) is 0 Å². The van der Waals surface area contributed by atoms with Gasteiger partial charge in [-0.3, -0.25) is 4.79 Å². The van der Waals surface area contributed by atoms with Crippen molar-refractivity contribution in [2.24, 2.45) is 0 Å². The van der Waals surface area contributed by atoms with Gasteiger partial charge in [0.15, 0.2) is 23.0 Å². The maximum absolute atomic E-state index is 13.2. The second-order valence-electron chi connectivity index (χ2n) is 7.53. The number of rotatable bonds is 7. The number of aromatic hydroxyl groups is 1. The van der Waals surface area contributed by atoms with Crippen molar-refractivity contribution in [2.75, 3.05) is 21.3 Å². The lowest BCUT2D eigenvalue weighted by atomic mass is 10.1. The summed E-state index contributed by atoms with van der Waals surface area (Å²) in [6.45, 7) is 1.82. The van der Waals surface area contributed by atoms with Gasteiger partial charge in [0.1, 0.15) is 21.6 Å². The molecule has 182 valence electrons. The number of hydrogen-bond donors (Lipinski definition) is 1. The summed E-state index contributed by atoms with van der Waals surface area (Å²) in [7, 11) is -0.0138. The van der Waals surface area contributed by atoms with E-state index in [2.05, 4.69) is 0 Å². The Kier molecular flexibility index (Phi) is 6.31. The minimum Gasteiger partial charge on any atom is -0.502 e. The van der Waals surface area contributed by atoms with Gasteiger partial charge >= 0.3 is 10.1 Å². The number of benzene rings is 3. The van der Waals surface area contributed by atoms with Crippen LogP contribution in [-0.4, -0.2) is 34.9 Å². The van der Waals surface area contributed by atoms with Crippen LogP contribution < -0.4 is 23.8 Å². The molecule has 0 fully saturated rings. The third-order valence-corrected chi connectivity index (χ3v) is 6.55. The Morgan fingerprint density at radius 3 is 2.14 bits per heavy atom. The Morgan fingerprint density at radius 1 is 0.829 bits per heavy atom. The lowest BCUT2D eigenvalue weighted by molar-refractivity contribution is 0.355. The quantitative estimate of drug-likeness (QED) is 0.372. The zero-order chi connectivity index (χ0) is 25.3. The predicted octanol–water partition coefficient (Wildman–Crippen LogP) is 4.27. The molecule has 0 aliphatic heterocycles. The third-order valence-electron chi connectivity index (χ3n) is 5.30. The molecule has 0 amide bonds. The summed E-state index contributed by atoms with van der Waals surface area (Å²) in [6.07, 6.45) is 0. The Hall–Kier alpha value is -4.18. The van der Waals surface area contributed by atoms with Crippen LogP contribution in [0.15, 0.2) is 68.7 Å². The highest BCUT2D eigenvalue weighted by Crippen LogP contribution is 2.39. The molecule has 1 N–H and O–H groups in total. The summed E-state index contributed by atoms with van der Waals surface area (Å²) in [5.74, 6) is -0.249. The zero-order valence-corrected chi connectivity index (χ0v) is 20.1. The second kappa shape index (κ2) is 9.22. The Balaban J connectivity index is 1.91. The van der Waals surface area contributed by atoms with E-state index in [1.165, 1.54) is 51.7 Å². The average Bonchev–Trinajstić information content (AvgIpc) is 2.85. The molecule has 9 nitrogen and oxygen atoms in total. The van der Waals surface area contributed by atoms with Gasteiger partial charge in [0.25, 0.3) is 0 Å². The van der Waals surface area contributed by atoms with Crippen molar-refractivity contribution in [1.82, 2.24) is 0 Å². The molecule has 0 spiro atoms. The van der Waals surface area contributed by atoms with Gasteiger partial charge in [0.05, 0.1) is 21.3 Å². The van der Waals surface area contributed by atoms with Gasteiger partial charge in [0, 0.05) is 17.7 Å². The summed E-state index contributed by atoms with van der Waals surface area (Å²) in [6, 6.07) is 13.3. The molecule has 0 aliphatic carbocycles. The lowest BCUT2D eigenvalue weighted by Gasteiger charge is -2.13. The van der Waals surface area contributed by atoms with E-state index in [-0.39, 0.29) is 33.1 Å². The van der Waals surface area contributed by atoms with Crippen molar-refractivity contribution in [3.63, 3.8) is 0 Å². The first-order valence-corrected chi connectivity index (χ1v) is 11.7. The zero-order valence-electron chi connectivity index (χ0n) is 19.3. The summed E-state index contributed by atoms with van der Waals surface area (Å²) in [4.78, 5) is 13.1. The molecule has 0 saturated heterocycles. The molecular formula is C25H22O9S. The van der Waals surface area contributed by atoms with E-state index in [1.807, 2.05) is 6.92 Å². The molecular weight excluding hydrogens is 476 g/mol. The van der Waals surface area contributed by atoms with Crippen LogP contribution in [0.5, 0.6) is 28.7 Å². The Bertz CT molecular complexity index is 1570. The maximum Gasteiger partial charge on any atom is 0.339 e. The maximum atomic E-state index is 13.2. The molecule has 4 rings (SSSR count). The molecule has 1 aromatic heterocycles. The SMILES string of the molecule is COc1cc(OS(=O)(=O)c2ccc(C)cc2)c2c(=O)c(O)c(-c3ccc(OC)c(OC)c3)oc2c1. The van der Waals surface area contributed by atoms with Gasteiger partial charge in [-0.25, -0.2) is 0 Å².